The smallest absolute Gasteiger partial charge is 0.130 e. The minimum absolute atomic E-state index is 0.0847. The van der Waals surface area contributed by atoms with E-state index in [1.807, 2.05) is 42.5 Å². The maximum atomic E-state index is 11.3. The summed E-state index contributed by atoms with van der Waals surface area (Å²) in [6, 6.07) is 12.0. The predicted octanol–water partition coefficient (Wildman–Crippen LogP) is 4.06. The van der Waals surface area contributed by atoms with Gasteiger partial charge in [-0.1, -0.05) is 42.5 Å². The number of furan rings is 1. The van der Waals surface area contributed by atoms with Crippen molar-refractivity contribution >= 4 is 11.9 Å². The summed E-state index contributed by atoms with van der Waals surface area (Å²) in [5.74, 6) is 0.264. The van der Waals surface area contributed by atoms with Gasteiger partial charge in [-0.2, -0.15) is 0 Å². The van der Waals surface area contributed by atoms with Crippen LogP contribution in [-0.2, 0) is 4.79 Å². The van der Waals surface area contributed by atoms with Gasteiger partial charge in [0.25, 0.3) is 0 Å². The van der Waals surface area contributed by atoms with Gasteiger partial charge in [0, 0.05) is 12.3 Å². The van der Waals surface area contributed by atoms with E-state index in [1.54, 1.807) is 19.5 Å². The van der Waals surface area contributed by atoms with Crippen molar-refractivity contribution in [3.8, 4) is 0 Å². The molecule has 0 aliphatic rings. The molecule has 0 fully saturated rings. The van der Waals surface area contributed by atoms with Crippen LogP contribution in [0.5, 0.6) is 0 Å². The molecule has 0 unspecified atom stereocenters. The van der Waals surface area contributed by atoms with Gasteiger partial charge in [-0.15, -0.1) is 0 Å². The highest BCUT2D eigenvalue weighted by atomic mass is 16.3. The van der Waals surface area contributed by atoms with Crippen molar-refractivity contribution in [3.05, 3.63) is 66.1 Å². The van der Waals surface area contributed by atoms with E-state index in [2.05, 4.69) is 6.08 Å². The average molecular weight is 240 g/mol. The maximum Gasteiger partial charge on any atom is 0.130 e. The quantitative estimate of drug-likeness (QED) is 0.789. The lowest BCUT2D eigenvalue weighted by molar-refractivity contribution is -0.117. The number of allylic oxidation sites excluding steroid dienone is 1. The van der Waals surface area contributed by atoms with Gasteiger partial charge in [-0.05, 0) is 24.1 Å². The number of benzene rings is 1. The van der Waals surface area contributed by atoms with Gasteiger partial charge in [0.1, 0.15) is 5.78 Å². The molecular formula is C16H16O2. The fourth-order valence-electron chi connectivity index (χ4n) is 1.88. The minimum atomic E-state index is 0.0847. The first-order valence-corrected chi connectivity index (χ1v) is 6.00. The van der Waals surface area contributed by atoms with E-state index in [9.17, 15) is 4.79 Å². The molecule has 0 radical (unpaired) electrons. The zero-order valence-electron chi connectivity index (χ0n) is 10.4. The molecule has 18 heavy (non-hydrogen) atoms. The Morgan fingerprint density at radius 3 is 2.67 bits per heavy atom. The summed E-state index contributed by atoms with van der Waals surface area (Å²) in [4.78, 5) is 11.3. The molecule has 1 aromatic carbocycles. The highest BCUT2D eigenvalue weighted by molar-refractivity contribution is 5.77. The summed E-state index contributed by atoms with van der Waals surface area (Å²) in [7, 11) is 0. The van der Waals surface area contributed by atoms with Crippen LogP contribution in [0.3, 0.4) is 0 Å². The molecular weight excluding hydrogens is 224 g/mol. The van der Waals surface area contributed by atoms with Crippen LogP contribution in [0.2, 0.25) is 0 Å². The highest BCUT2D eigenvalue weighted by Gasteiger charge is 2.11. The van der Waals surface area contributed by atoms with Crippen LogP contribution in [-0.4, -0.2) is 5.78 Å². The van der Waals surface area contributed by atoms with Crippen LogP contribution in [0, 0.1) is 0 Å². The fourth-order valence-corrected chi connectivity index (χ4v) is 1.88. The molecule has 2 nitrogen and oxygen atoms in total. The summed E-state index contributed by atoms with van der Waals surface area (Å²) < 4.78 is 5.08. The Morgan fingerprint density at radius 1 is 1.28 bits per heavy atom. The SMILES string of the molecule is CC(=O)C[C@@H](/C=C/c1ccccc1)c1ccoc1. The molecule has 1 heterocycles. The Labute approximate surface area is 107 Å². The third kappa shape index (κ3) is 3.45. The van der Waals surface area contributed by atoms with E-state index in [1.165, 1.54) is 0 Å². The van der Waals surface area contributed by atoms with E-state index in [0.29, 0.717) is 6.42 Å². The molecule has 1 aromatic heterocycles. The number of hydrogen-bond acceptors (Lipinski definition) is 2. The monoisotopic (exact) mass is 240 g/mol. The van der Waals surface area contributed by atoms with Crippen molar-refractivity contribution in [2.75, 3.05) is 0 Å². The lowest BCUT2D eigenvalue weighted by Gasteiger charge is -2.07. The molecule has 2 rings (SSSR count). The third-order valence-corrected chi connectivity index (χ3v) is 2.80. The molecule has 0 aliphatic heterocycles. The Kier molecular flexibility index (Phi) is 4.13. The van der Waals surface area contributed by atoms with Gasteiger partial charge in [-0.25, -0.2) is 0 Å². The number of hydrogen-bond donors (Lipinski definition) is 0. The molecule has 2 aromatic rings. The lowest BCUT2D eigenvalue weighted by atomic mass is 9.95. The molecule has 0 saturated heterocycles. The zero-order chi connectivity index (χ0) is 12.8. The van der Waals surface area contributed by atoms with Gasteiger partial charge in [0.2, 0.25) is 0 Å². The molecule has 1 atom stereocenters. The Hall–Kier alpha value is -2.09. The van der Waals surface area contributed by atoms with Crippen molar-refractivity contribution in [2.24, 2.45) is 0 Å². The maximum absolute atomic E-state index is 11.3. The summed E-state index contributed by atoms with van der Waals surface area (Å²) in [6.45, 7) is 1.61. The Morgan fingerprint density at radius 2 is 2.06 bits per heavy atom. The first-order valence-electron chi connectivity index (χ1n) is 6.00. The first-order chi connectivity index (χ1) is 8.75. The lowest BCUT2D eigenvalue weighted by Crippen LogP contribution is -2.00. The minimum Gasteiger partial charge on any atom is -0.472 e. The number of rotatable bonds is 5. The van der Waals surface area contributed by atoms with Crippen LogP contribution in [0.15, 0.2) is 59.4 Å². The standard InChI is InChI=1S/C16H16O2/c1-13(17)11-15(16-9-10-18-12-16)8-7-14-5-3-2-4-6-14/h2-10,12,15H,11H2,1H3/b8-7+/t15-/m1/s1. The van der Waals surface area contributed by atoms with Crippen LogP contribution < -0.4 is 0 Å². The normalized spacial score (nSPS) is 12.7. The number of ketones is 1. The third-order valence-electron chi connectivity index (χ3n) is 2.80. The Bertz CT molecular complexity index is 509. The Balaban J connectivity index is 2.15. The fraction of sp³-hybridized carbons (Fsp3) is 0.188. The van der Waals surface area contributed by atoms with Gasteiger partial charge in [0.05, 0.1) is 12.5 Å². The number of Topliss-reactive ketones (excluding diaryl/α,β-unsaturated/α-hetero) is 1. The predicted molar refractivity (Wildman–Crippen MR) is 72.2 cm³/mol. The summed E-state index contributed by atoms with van der Waals surface area (Å²) in [6.07, 6.45) is 7.94. The number of carbonyl (C=O) groups is 1. The molecule has 0 N–H and O–H groups in total. The molecule has 0 amide bonds. The zero-order valence-corrected chi connectivity index (χ0v) is 10.4. The first kappa shape index (κ1) is 12.4. The van der Waals surface area contributed by atoms with Crippen molar-refractivity contribution in [2.45, 2.75) is 19.3 Å². The van der Waals surface area contributed by atoms with Crippen molar-refractivity contribution in [3.63, 3.8) is 0 Å². The second-order valence-electron chi connectivity index (χ2n) is 4.34. The summed E-state index contributed by atoms with van der Waals surface area (Å²) >= 11 is 0. The summed E-state index contributed by atoms with van der Waals surface area (Å²) in [5.41, 5.74) is 2.17. The van der Waals surface area contributed by atoms with Crippen LogP contribution in [0.4, 0.5) is 0 Å². The molecule has 2 heteroatoms. The van der Waals surface area contributed by atoms with Gasteiger partial charge < -0.3 is 4.42 Å². The van der Waals surface area contributed by atoms with Crippen molar-refractivity contribution < 1.29 is 9.21 Å². The highest BCUT2D eigenvalue weighted by Crippen LogP contribution is 2.23. The molecule has 0 spiro atoms. The molecule has 0 saturated carbocycles. The van der Waals surface area contributed by atoms with Crippen LogP contribution in [0.1, 0.15) is 30.4 Å². The molecule has 0 bridgehead atoms. The van der Waals surface area contributed by atoms with Crippen molar-refractivity contribution in [1.82, 2.24) is 0 Å². The van der Waals surface area contributed by atoms with Crippen molar-refractivity contribution in [1.29, 1.82) is 0 Å². The van der Waals surface area contributed by atoms with E-state index in [0.717, 1.165) is 11.1 Å². The summed E-state index contributed by atoms with van der Waals surface area (Å²) in [5, 5.41) is 0. The van der Waals surface area contributed by atoms with E-state index < -0.39 is 0 Å². The number of carbonyl (C=O) groups excluding carboxylic acids is 1. The second-order valence-corrected chi connectivity index (χ2v) is 4.34. The van der Waals surface area contributed by atoms with Crippen LogP contribution >= 0.6 is 0 Å². The molecule has 92 valence electrons. The van der Waals surface area contributed by atoms with E-state index in [-0.39, 0.29) is 11.7 Å². The molecule has 0 aliphatic carbocycles. The van der Waals surface area contributed by atoms with E-state index >= 15 is 0 Å². The average Bonchev–Trinajstić information content (AvgIpc) is 2.89. The van der Waals surface area contributed by atoms with Crippen LogP contribution in [0.25, 0.3) is 6.08 Å². The van der Waals surface area contributed by atoms with Gasteiger partial charge in [0.15, 0.2) is 0 Å². The van der Waals surface area contributed by atoms with Gasteiger partial charge in [-0.3, -0.25) is 4.79 Å². The topological polar surface area (TPSA) is 30.2 Å². The largest absolute Gasteiger partial charge is 0.472 e. The second kappa shape index (κ2) is 6.01. The van der Waals surface area contributed by atoms with Gasteiger partial charge >= 0.3 is 0 Å². The van der Waals surface area contributed by atoms with E-state index in [4.69, 9.17) is 4.42 Å².